The third kappa shape index (κ3) is 5.84. The lowest BCUT2D eigenvalue weighted by Crippen LogP contribution is -2.23. The van der Waals surface area contributed by atoms with Crippen LogP contribution in [0, 0.1) is 6.92 Å². The van der Waals surface area contributed by atoms with Gasteiger partial charge < -0.3 is 14.3 Å². The number of aryl methyl sites for hydroxylation is 1. The van der Waals surface area contributed by atoms with Gasteiger partial charge in [-0.2, -0.15) is 0 Å². The van der Waals surface area contributed by atoms with Crippen molar-refractivity contribution in [2.24, 2.45) is 0 Å². The Morgan fingerprint density at radius 2 is 2.11 bits per heavy atom. The predicted molar refractivity (Wildman–Crippen MR) is 90.0 cm³/mol. The second kappa shape index (κ2) is 7.09. The van der Waals surface area contributed by atoms with Crippen molar-refractivity contribution in [1.29, 1.82) is 0 Å². The van der Waals surface area contributed by atoms with Gasteiger partial charge in [0.05, 0.1) is 6.61 Å². The average Bonchev–Trinajstić information content (AvgIpc) is 2.26. The lowest BCUT2D eigenvalue weighted by molar-refractivity contribution is 0.328. The molecule has 19 heavy (non-hydrogen) atoms. The first-order chi connectivity index (χ1) is 8.70. The summed E-state index contributed by atoms with van der Waals surface area (Å²) in [7, 11) is 2.02. The zero-order valence-electron chi connectivity index (χ0n) is 11.8. The molecule has 1 aromatic rings. The molecule has 1 unspecified atom stereocenters. The van der Waals surface area contributed by atoms with Gasteiger partial charge in [-0.05, 0) is 41.8 Å². The van der Waals surface area contributed by atoms with Gasteiger partial charge in [-0.15, -0.1) is 0 Å². The molecule has 0 saturated heterocycles. The predicted octanol–water partition coefficient (Wildman–Crippen LogP) is 3.72. The Kier molecular flexibility index (Phi) is 6.34. The topological polar surface area (TPSA) is 32.7 Å². The largest absolute Gasteiger partial charge is 0.372 e. The van der Waals surface area contributed by atoms with Crippen LogP contribution in [0.4, 0.5) is 5.69 Å². The van der Waals surface area contributed by atoms with Crippen molar-refractivity contribution in [3.05, 3.63) is 29.3 Å². The maximum absolute atomic E-state index is 9.34. The Labute approximate surface area is 126 Å². The molecule has 108 valence electrons. The molecule has 0 saturated carbocycles. The SMILES string of the molecule is Cc1ccc(C(C)C)c(N(C)CCOP(O)(=S)S)c1. The van der Waals surface area contributed by atoms with Crippen LogP contribution in [0.3, 0.4) is 0 Å². The standard InChI is InChI=1S/C13H22NO2PS2/c1-10(2)12-6-5-11(3)9-13(12)14(4)7-8-16-17(15,18)19/h5-6,9-10H,7-8H2,1-4H3,(H2,15,18,19). The second-order valence-corrected chi connectivity index (χ2v) is 10.1. The molecule has 0 aliphatic rings. The van der Waals surface area contributed by atoms with E-state index in [0.29, 0.717) is 19.1 Å². The highest BCUT2D eigenvalue weighted by Gasteiger charge is 2.12. The molecule has 0 aliphatic carbocycles. The van der Waals surface area contributed by atoms with Gasteiger partial charge in [0, 0.05) is 19.3 Å². The summed E-state index contributed by atoms with van der Waals surface area (Å²) in [4.78, 5) is 11.5. The van der Waals surface area contributed by atoms with Gasteiger partial charge in [-0.1, -0.05) is 38.2 Å². The molecule has 6 heteroatoms. The number of likely N-dealkylation sites (N-methyl/N-ethyl adjacent to an activating group) is 1. The second-order valence-electron chi connectivity index (χ2n) is 4.96. The van der Waals surface area contributed by atoms with Gasteiger partial charge in [0.1, 0.15) is 0 Å². The first-order valence-electron chi connectivity index (χ1n) is 6.22. The highest BCUT2D eigenvalue weighted by atomic mass is 32.9. The molecule has 1 N–H and O–H groups in total. The van der Waals surface area contributed by atoms with Crippen molar-refractivity contribution in [2.75, 3.05) is 25.1 Å². The van der Waals surface area contributed by atoms with E-state index in [1.807, 2.05) is 7.05 Å². The minimum absolute atomic E-state index is 0.374. The molecule has 0 aromatic heterocycles. The summed E-state index contributed by atoms with van der Waals surface area (Å²) in [5.74, 6) is 0.465. The summed E-state index contributed by atoms with van der Waals surface area (Å²) in [6.07, 6.45) is 0. The van der Waals surface area contributed by atoms with E-state index in [9.17, 15) is 4.89 Å². The van der Waals surface area contributed by atoms with Crippen molar-refractivity contribution in [3.8, 4) is 0 Å². The van der Waals surface area contributed by atoms with Crippen LogP contribution in [-0.4, -0.2) is 25.1 Å². The highest BCUT2D eigenvalue weighted by molar-refractivity contribution is 8.59. The van der Waals surface area contributed by atoms with E-state index in [0.717, 1.165) is 0 Å². The lowest BCUT2D eigenvalue weighted by atomic mass is 9.99. The Morgan fingerprint density at radius 3 is 2.63 bits per heavy atom. The molecule has 0 aliphatic heterocycles. The first kappa shape index (κ1) is 17.0. The molecule has 1 rings (SSSR count). The summed E-state index contributed by atoms with van der Waals surface area (Å²) in [5.41, 5.74) is 0.883. The van der Waals surface area contributed by atoms with Crippen LogP contribution in [0.1, 0.15) is 30.9 Å². The normalized spacial score (nSPS) is 14.5. The Morgan fingerprint density at radius 1 is 1.47 bits per heavy atom. The summed E-state index contributed by atoms with van der Waals surface area (Å²) >= 11 is 8.59. The van der Waals surface area contributed by atoms with Crippen LogP contribution >= 0.6 is 17.9 Å². The van der Waals surface area contributed by atoms with E-state index in [1.165, 1.54) is 16.8 Å². The number of hydrogen-bond donors (Lipinski definition) is 2. The molecular formula is C13H22NO2PS2. The summed E-state index contributed by atoms with van der Waals surface area (Å²) in [6, 6.07) is 6.47. The minimum Gasteiger partial charge on any atom is -0.372 e. The molecule has 1 atom stereocenters. The molecule has 1 aromatic carbocycles. The third-order valence-corrected chi connectivity index (χ3v) is 4.09. The van der Waals surface area contributed by atoms with Gasteiger partial charge in [-0.3, -0.25) is 0 Å². The summed E-state index contributed by atoms with van der Waals surface area (Å²) in [5, 5.41) is 0. The van der Waals surface area contributed by atoms with Crippen LogP contribution in [0.15, 0.2) is 18.2 Å². The van der Waals surface area contributed by atoms with E-state index in [1.54, 1.807) is 0 Å². The monoisotopic (exact) mass is 319 g/mol. The van der Waals surface area contributed by atoms with E-state index >= 15 is 0 Å². The summed E-state index contributed by atoms with van der Waals surface area (Å²) in [6.45, 7) is 7.49. The smallest absolute Gasteiger partial charge is 0.241 e. The maximum atomic E-state index is 9.34. The molecule has 0 bridgehead atoms. The highest BCUT2D eigenvalue weighted by Crippen LogP contribution is 2.47. The van der Waals surface area contributed by atoms with Crippen molar-refractivity contribution < 1.29 is 9.42 Å². The van der Waals surface area contributed by atoms with E-state index in [4.69, 9.17) is 16.3 Å². The van der Waals surface area contributed by atoms with Gasteiger partial charge in [0.25, 0.3) is 0 Å². The van der Waals surface area contributed by atoms with E-state index in [2.05, 4.69) is 56.1 Å². The molecule has 0 radical (unpaired) electrons. The number of thiol groups is 1. The fraction of sp³-hybridized carbons (Fsp3) is 0.538. The minimum atomic E-state index is -2.85. The average molecular weight is 319 g/mol. The lowest BCUT2D eigenvalue weighted by Gasteiger charge is -2.25. The summed E-state index contributed by atoms with van der Waals surface area (Å²) < 4.78 is 5.16. The molecule has 0 heterocycles. The molecular weight excluding hydrogens is 297 g/mol. The Hall–Kier alpha value is -0.0600. The molecule has 3 nitrogen and oxygen atoms in total. The number of anilines is 1. The van der Waals surface area contributed by atoms with Gasteiger partial charge in [0.2, 0.25) is 5.69 Å². The Bertz CT molecular complexity index is 474. The van der Waals surface area contributed by atoms with E-state index < -0.39 is 5.69 Å². The van der Waals surface area contributed by atoms with Crippen molar-refractivity contribution in [3.63, 3.8) is 0 Å². The number of benzene rings is 1. The maximum Gasteiger partial charge on any atom is 0.241 e. The van der Waals surface area contributed by atoms with E-state index in [-0.39, 0.29) is 0 Å². The third-order valence-electron chi connectivity index (χ3n) is 2.91. The molecule has 0 amide bonds. The van der Waals surface area contributed by atoms with Crippen LogP contribution in [0.2, 0.25) is 0 Å². The van der Waals surface area contributed by atoms with Crippen LogP contribution in [0.25, 0.3) is 0 Å². The zero-order valence-corrected chi connectivity index (χ0v) is 14.4. The number of hydrogen-bond acceptors (Lipinski definition) is 3. The van der Waals surface area contributed by atoms with Gasteiger partial charge in [0.15, 0.2) is 0 Å². The Balaban J connectivity index is 2.78. The number of nitrogens with zero attached hydrogens (tertiary/aromatic N) is 1. The van der Waals surface area contributed by atoms with Crippen molar-refractivity contribution in [2.45, 2.75) is 26.7 Å². The number of rotatable bonds is 6. The van der Waals surface area contributed by atoms with Gasteiger partial charge >= 0.3 is 0 Å². The molecule has 0 fully saturated rings. The fourth-order valence-corrected chi connectivity index (χ4v) is 2.68. The quantitative estimate of drug-likeness (QED) is 0.618. The molecule has 0 spiro atoms. The first-order valence-corrected chi connectivity index (χ1v) is 10.0. The van der Waals surface area contributed by atoms with Crippen LogP contribution in [0.5, 0.6) is 0 Å². The van der Waals surface area contributed by atoms with Crippen molar-refractivity contribution >= 4 is 35.4 Å². The van der Waals surface area contributed by atoms with Gasteiger partial charge in [-0.25, -0.2) is 0 Å². The van der Waals surface area contributed by atoms with Crippen LogP contribution in [-0.2, 0) is 16.3 Å². The van der Waals surface area contributed by atoms with Crippen LogP contribution < -0.4 is 4.90 Å². The zero-order chi connectivity index (χ0) is 14.6. The fourth-order valence-electron chi connectivity index (χ4n) is 1.89. The van der Waals surface area contributed by atoms with Crippen molar-refractivity contribution in [1.82, 2.24) is 0 Å².